The minimum atomic E-state index is -0.681. The number of aromatic nitrogens is 2. The summed E-state index contributed by atoms with van der Waals surface area (Å²) in [6.07, 6.45) is 4.04. The van der Waals surface area contributed by atoms with E-state index in [2.05, 4.69) is 22.4 Å². The van der Waals surface area contributed by atoms with E-state index in [0.717, 1.165) is 17.8 Å². The van der Waals surface area contributed by atoms with Crippen LogP contribution in [0, 0.1) is 5.82 Å². The Balaban J connectivity index is 0.00000240. The van der Waals surface area contributed by atoms with E-state index in [4.69, 9.17) is 5.73 Å². The summed E-state index contributed by atoms with van der Waals surface area (Å²) < 4.78 is 15.1. The molecular weight excluding hydrogens is 438 g/mol. The molecule has 1 aromatic heterocycles. The summed E-state index contributed by atoms with van der Waals surface area (Å²) in [6.45, 7) is 5.13. The molecule has 0 saturated carbocycles. The molecule has 1 amide bonds. The van der Waals surface area contributed by atoms with Gasteiger partial charge in [-0.25, -0.2) is 9.37 Å². The maximum absolute atomic E-state index is 13.1. The molecular formula is C23H29Cl2FN4O. The molecule has 1 atom stereocenters. The average Bonchev–Trinajstić information content (AvgIpc) is 3.14. The molecule has 0 fully saturated rings. The number of rotatable bonds is 8. The van der Waals surface area contributed by atoms with E-state index >= 15 is 0 Å². The number of nitrogens with zero attached hydrogens (tertiary/aromatic N) is 2. The highest BCUT2D eigenvalue weighted by atomic mass is 35.5. The van der Waals surface area contributed by atoms with Crippen LogP contribution in [-0.4, -0.2) is 28.0 Å². The topological polar surface area (TPSA) is 72.9 Å². The molecule has 0 radical (unpaired) electrons. The molecule has 31 heavy (non-hydrogen) atoms. The molecule has 5 nitrogen and oxygen atoms in total. The Morgan fingerprint density at radius 2 is 1.77 bits per heavy atom. The second-order valence-corrected chi connectivity index (χ2v) is 7.94. The first-order chi connectivity index (χ1) is 13.8. The number of nitrogens with two attached hydrogens (primary N) is 1. The molecule has 3 rings (SSSR count). The summed E-state index contributed by atoms with van der Waals surface area (Å²) in [6, 6.07) is 15.7. The number of hydrogen-bond acceptors (Lipinski definition) is 3. The maximum Gasteiger partial charge on any atom is 0.237 e. The standard InChI is InChI=1S/C23H27FN4O.2ClH/c1-23(2,18-8-10-19(24)11-9-18)15-26-22(29)21(25)12-20-14-28(16-27-20)13-17-6-4-3-5-7-17;;/h3-11,14,16,21H,12-13,15,25H2,1-2H3,(H,26,29);2*1H/t21-;;/m0../s1. The molecule has 0 unspecified atom stereocenters. The SMILES string of the molecule is CC(C)(CNC(=O)[C@@H](N)Cc1cn(Cc2ccccc2)cn1)c1ccc(F)cc1.Cl.Cl. The largest absolute Gasteiger partial charge is 0.354 e. The Bertz CT molecular complexity index is 946. The van der Waals surface area contributed by atoms with Gasteiger partial charge < -0.3 is 15.6 Å². The fraction of sp³-hybridized carbons (Fsp3) is 0.304. The van der Waals surface area contributed by atoms with E-state index in [1.807, 2.05) is 42.8 Å². The number of benzene rings is 2. The Morgan fingerprint density at radius 1 is 1.13 bits per heavy atom. The summed E-state index contributed by atoms with van der Waals surface area (Å²) in [5.41, 5.74) is 8.67. The van der Waals surface area contributed by atoms with Crippen LogP contribution in [0.4, 0.5) is 4.39 Å². The number of halogens is 3. The first kappa shape index (κ1) is 26.6. The fourth-order valence-corrected chi connectivity index (χ4v) is 3.15. The number of imidazole rings is 1. The minimum Gasteiger partial charge on any atom is -0.354 e. The summed E-state index contributed by atoms with van der Waals surface area (Å²) in [4.78, 5) is 16.8. The van der Waals surface area contributed by atoms with Crippen molar-refractivity contribution in [3.8, 4) is 0 Å². The third-order valence-electron chi connectivity index (χ3n) is 4.99. The van der Waals surface area contributed by atoms with Gasteiger partial charge in [-0.1, -0.05) is 56.3 Å². The molecule has 8 heteroatoms. The van der Waals surface area contributed by atoms with Crippen molar-refractivity contribution < 1.29 is 9.18 Å². The zero-order chi connectivity index (χ0) is 20.9. The van der Waals surface area contributed by atoms with Crippen molar-refractivity contribution in [2.45, 2.75) is 38.3 Å². The van der Waals surface area contributed by atoms with Crippen LogP contribution >= 0.6 is 24.8 Å². The monoisotopic (exact) mass is 466 g/mol. The predicted molar refractivity (Wildman–Crippen MR) is 126 cm³/mol. The zero-order valence-electron chi connectivity index (χ0n) is 17.6. The molecule has 0 aliphatic rings. The smallest absolute Gasteiger partial charge is 0.237 e. The molecule has 2 aromatic carbocycles. The lowest BCUT2D eigenvalue weighted by Crippen LogP contribution is -2.46. The van der Waals surface area contributed by atoms with Gasteiger partial charge in [0.2, 0.25) is 5.91 Å². The van der Waals surface area contributed by atoms with Crippen molar-refractivity contribution in [3.05, 3.63) is 89.8 Å². The molecule has 168 valence electrons. The van der Waals surface area contributed by atoms with E-state index in [1.54, 1.807) is 18.5 Å². The third kappa shape index (κ3) is 7.65. The number of hydrogen-bond donors (Lipinski definition) is 2. The summed E-state index contributed by atoms with van der Waals surface area (Å²) >= 11 is 0. The normalized spacial score (nSPS) is 11.7. The first-order valence-electron chi connectivity index (χ1n) is 9.67. The number of amides is 1. The van der Waals surface area contributed by atoms with Gasteiger partial charge in [-0.15, -0.1) is 24.8 Å². The summed E-state index contributed by atoms with van der Waals surface area (Å²) in [5.74, 6) is -0.500. The van der Waals surface area contributed by atoms with Gasteiger partial charge in [-0.3, -0.25) is 4.79 Å². The third-order valence-corrected chi connectivity index (χ3v) is 4.99. The van der Waals surface area contributed by atoms with Crippen LogP contribution in [0.15, 0.2) is 67.1 Å². The van der Waals surface area contributed by atoms with Crippen molar-refractivity contribution in [2.75, 3.05) is 6.54 Å². The molecule has 1 heterocycles. The van der Waals surface area contributed by atoms with Crippen LogP contribution in [0.5, 0.6) is 0 Å². The Hall–Kier alpha value is -2.41. The van der Waals surface area contributed by atoms with Gasteiger partial charge in [0.1, 0.15) is 5.82 Å². The molecule has 0 aliphatic carbocycles. The Labute approximate surface area is 195 Å². The molecule has 3 aromatic rings. The van der Waals surface area contributed by atoms with Crippen LogP contribution < -0.4 is 11.1 Å². The summed E-state index contributed by atoms with van der Waals surface area (Å²) in [7, 11) is 0. The van der Waals surface area contributed by atoms with Gasteiger partial charge in [0.15, 0.2) is 0 Å². The fourth-order valence-electron chi connectivity index (χ4n) is 3.15. The van der Waals surface area contributed by atoms with Crippen LogP contribution in [0.1, 0.15) is 30.7 Å². The predicted octanol–water partition coefficient (Wildman–Crippen LogP) is 3.88. The molecule has 0 bridgehead atoms. The molecule has 0 saturated heterocycles. The maximum atomic E-state index is 13.1. The number of nitrogens with one attached hydrogen (secondary N) is 1. The van der Waals surface area contributed by atoms with Crippen molar-refractivity contribution in [1.29, 1.82) is 0 Å². The minimum absolute atomic E-state index is 0. The van der Waals surface area contributed by atoms with Crippen LogP contribution in [0.2, 0.25) is 0 Å². The van der Waals surface area contributed by atoms with Crippen LogP contribution in [0.3, 0.4) is 0 Å². The molecule has 0 spiro atoms. The lowest BCUT2D eigenvalue weighted by molar-refractivity contribution is -0.122. The quantitative estimate of drug-likeness (QED) is 0.528. The Morgan fingerprint density at radius 3 is 2.42 bits per heavy atom. The number of carbonyl (C=O) groups is 1. The van der Waals surface area contributed by atoms with Crippen LogP contribution in [0.25, 0.3) is 0 Å². The van der Waals surface area contributed by atoms with Crippen molar-refractivity contribution in [1.82, 2.24) is 14.9 Å². The second-order valence-electron chi connectivity index (χ2n) is 7.94. The highest BCUT2D eigenvalue weighted by molar-refractivity contribution is 5.85. The highest BCUT2D eigenvalue weighted by Crippen LogP contribution is 2.22. The first-order valence-corrected chi connectivity index (χ1v) is 9.67. The Kier molecular flexibility index (Phi) is 10.2. The second kappa shape index (κ2) is 11.8. The van der Waals surface area contributed by atoms with E-state index in [0.29, 0.717) is 13.0 Å². The molecule has 0 aliphatic heterocycles. The van der Waals surface area contributed by atoms with Crippen molar-refractivity contribution in [3.63, 3.8) is 0 Å². The lowest BCUT2D eigenvalue weighted by atomic mass is 9.84. The van der Waals surface area contributed by atoms with Gasteiger partial charge in [0.25, 0.3) is 0 Å². The lowest BCUT2D eigenvalue weighted by Gasteiger charge is -2.26. The average molecular weight is 467 g/mol. The van der Waals surface area contributed by atoms with E-state index in [-0.39, 0.29) is 42.0 Å². The van der Waals surface area contributed by atoms with Crippen LogP contribution in [-0.2, 0) is 23.2 Å². The van der Waals surface area contributed by atoms with Gasteiger partial charge in [0, 0.05) is 31.1 Å². The highest BCUT2D eigenvalue weighted by Gasteiger charge is 2.23. The molecule has 3 N–H and O–H groups in total. The van der Waals surface area contributed by atoms with Gasteiger partial charge >= 0.3 is 0 Å². The van der Waals surface area contributed by atoms with Crippen molar-refractivity contribution >= 4 is 30.7 Å². The zero-order valence-corrected chi connectivity index (χ0v) is 19.3. The van der Waals surface area contributed by atoms with E-state index in [1.165, 1.54) is 17.7 Å². The summed E-state index contributed by atoms with van der Waals surface area (Å²) in [5, 5.41) is 2.91. The van der Waals surface area contributed by atoms with Gasteiger partial charge in [0.05, 0.1) is 18.1 Å². The number of carbonyl (C=O) groups excluding carboxylic acids is 1. The van der Waals surface area contributed by atoms with Gasteiger partial charge in [-0.05, 0) is 23.3 Å². The van der Waals surface area contributed by atoms with E-state index in [9.17, 15) is 9.18 Å². The van der Waals surface area contributed by atoms with Gasteiger partial charge in [-0.2, -0.15) is 0 Å². The van der Waals surface area contributed by atoms with E-state index < -0.39 is 6.04 Å². The van der Waals surface area contributed by atoms with Crippen molar-refractivity contribution in [2.24, 2.45) is 5.73 Å².